The molecule has 0 spiro atoms. The number of phenols is 1. The minimum atomic E-state index is -4.87. The number of rotatable bonds is 10. The van der Waals surface area contributed by atoms with Gasteiger partial charge >= 0.3 is 18.1 Å². The van der Waals surface area contributed by atoms with Gasteiger partial charge in [0.1, 0.15) is 17.2 Å². The van der Waals surface area contributed by atoms with Gasteiger partial charge in [-0.2, -0.15) is 13.2 Å². The number of Topliss-reactive ketones (excluding diaryl/α,β-unsaturated/α-hetero) is 1. The number of hydrogen-bond acceptors (Lipinski definition) is 7. The van der Waals surface area contributed by atoms with E-state index in [4.69, 9.17) is 21.1 Å². The van der Waals surface area contributed by atoms with Gasteiger partial charge in [0, 0.05) is 18.1 Å². The Morgan fingerprint density at radius 2 is 1.72 bits per heavy atom. The van der Waals surface area contributed by atoms with E-state index in [1.54, 1.807) is 6.07 Å². The van der Waals surface area contributed by atoms with Crippen LogP contribution in [0.1, 0.15) is 48.2 Å². The summed E-state index contributed by atoms with van der Waals surface area (Å²) in [4.78, 5) is 34.7. The monoisotopic (exact) mass is 531 g/mol. The number of esters is 1. The number of carbonyl (C=O) groups excluding carboxylic acids is 3. The van der Waals surface area contributed by atoms with E-state index in [1.807, 2.05) is 12.2 Å². The number of ether oxygens (including phenoxy) is 3. The maximum Gasteiger partial charge on any atom is 0.418 e. The number of carbonyl (C=O) groups is 3. The van der Waals surface area contributed by atoms with Crippen LogP contribution in [0.3, 0.4) is 0 Å². The molecule has 0 aromatic heterocycles. The van der Waals surface area contributed by atoms with Crippen molar-refractivity contribution in [2.24, 2.45) is 0 Å². The van der Waals surface area contributed by atoms with E-state index in [0.29, 0.717) is 30.2 Å². The molecule has 0 radical (unpaired) electrons. The zero-order valence-electron chi connectivity index (χ0n) is 19.8. The molecule has 12 heteroatoms. The molecule has 0 aliphatic heterocycles. The molecule has 2 N–H and O–H groups in total. The highest BCUT2D eigenvalue weighted by Crippen LogP contribution is 2.40. The first kappa shape index (κ1) is 28.8. The Morgan fingerprint density at radius 3 is 2.28 bits per heavy atom. The minimum Gasteiger partial charge on any atom is -0.507 e. The summed E-state index contributed by atoms with van der Waals surface area (Å²) in [6.07, 6.45) is -3.40. The van der Waals surface area contributed by atoms with Crippen LogP contribution in [0, 0.1) is 0 Å². The van der Waals surface area contributed by atoms with Crippen molar-refractivity contribution in [2.45, 2.75) is 39.3 Å². The molecular formula is C24H25ClF3NO7. The SMILES string of the molecule is CCCc1c(OCCCOc2cc(NC(=O)C(=O)OC)c(C(F)(F)F)cc2Cl)ccc(C(C)=O)c1O. The fraction of sp³-hybridized carbons (Fsp3) is 0.375. The number of anilines is 1. The summed E-state index contributed by atoms with van der Waals surface area (Å²) in [5.41, 5.74) is -1.29. The van der Waals surface area contributed by atoms with Crippen molar-refractivity contribution in [3.8, 4) is 17.2 Å². The molecule has 0 atom stereocenters. The minimum absolute atomic E-state index is 0.0178. The van der Waals surface area contributed by atoms with Crippen molar-refractivity contribution in [2.75, 3.05) is 25.6 Å². The first-order chi connectivity index (χ1) is 16.9. The Kier molecular flexibility index (Phi) is 9.97. The second kappa shape index (κ2) is 12.5. The summed E-state index contributed by atoms with van der Waals surface area (Å²) in [6, 6.07) is 4.50. The van der Waals surface area contributed by atoms with Gasteiger partial charge in [0.05, 0.1) is 42.2 Å². The molecule has 0 fully saturated rings. The van der Waals surface area contributed by atoms with Crippen LogP contribution < -0.4 is 14.8 Å². The van der Waals surface area contributed by atoms with E-state index < -0.39 is 29.3 Å². The van der Waals surface area contributed by atoms with Gasteiger partial charge < -0.3 is 24.6 Å². The Balaban J connectivity index is 2.10. The lowest BCUT2D eigenvalue weighted by atomic mass is 10.0. The molecule has 2 rings (SSSR count). The third-order valence-electron chi connectivity index (χ3n) is 4.92. The van der Waals surface area contributed by atoms with Gasteiger partial charge in [0.25, 0.3) is 0 Å². The number of alkyl halides is 3. The first-order valence-electron chi connectivity index (χ1n) is 10.8. The summed E-state index contributed by atoms with van der Waals surface area (Å²) in [5, 5.41) is 11.9. The molecular weight excluding hydrogens is 507 g/mol. The normalized spacial score (nSPS) is 11.1. The third kappa shape index (κ3) is 7.27. The maximum atomic E-state index is 13.4. The number of halogens is 4. The number of methoxy groups -OCH3 is 1. The lowest BCUT2D eigenvalue weighted by Crippen LogP contribution is -2.25. The maximum absolute atomic E-state index is 13.4. The predicted octanol–water partition coefficient (Wildman–Crippen LogP) is 5.18. The third-order valence-corrected chi connectivity index (χ3v) is 5.21. The van der Waals surface area contributed by atoms with Crippen molar-refractivity contribution in [1.82, 2.24) is 0 Å². The molecule has 196 valence electrons. The number of amides is 1. The Bertz CT molecular complexity index is 1140. The topological polar surface area (TPSA) is 111 Å². The van der Waals surface area contributed by atoms with Gasteiger partial charge in [-0.15, -0.1) is 0 Å². The van der Waals surface area contributed by atoms with E-state index in [1.165, 1.54) is 13.0 Å². The van der Waals surface area contributed by atoms with Gasteiger partial charge in [0.15, 0.2) is 5.78 Å². The van der Waals surface area contributed by atoms with Crippen molar-refractivity contribution in [3.63, 3.8) is 0 Å². The number of ketones is 1. The van der Waals surface area contributed by atoms with Crippen molar-refractivity contribution in [3.05, 3.63) is 46.0 Å². The number of benzene rings is 2. The zero-order chi connectivity index (χ0) is 27.0. The number of nitrogens with one attached hydrogen (secondary N) is 1. The molecule has 1 amide bonds. The van der Waals surface area contributed by atoms with Crippen LogP contribution in [0.2, 0.25) is 5.02 Å². The molecule has 8 nitrogen and oxygen atoms in total. The Morgan fingerprint density at radius 1 is 1.08 bits per heavy atom. The first-order valence-corrected chi connectivity index (χ1v) is 11.2. The average molecular weight is 532 g/mol. The lowest BCUT2D eigenvalue weighted by Gasteiger charge is -2.17. The lowest BCUT2D eigenvalue weighted by molar-refractivity contribution is -0.150. The summed E-state index contributed by atoms with van der Waals surface area (Å²) < 4.78 is 55.5. The smallest absolute Gasteiger partial charge is 0.418 e. The van der Waals surface area contributed by atoms with E-state index >= 15 is 0 Å². The van der Waals surface area contributed by atoms with Gasteiger partial charge in [-0.05, 0) is 31.5 Å². The summed E-state index contributed by atoms with van der Waals surface area (Å²) in [6.45, 7) is 3.37. The standard InChI is InChI=1S/C24H25ClF3NO7/c1-4-6-15-19(8-7-14(13(2)30)21(15)31)35-9-5-10-36-20-12-18(29-22(32)23(33)34-3)16(11-17(20)25)24(26,27)28/h7-8,11-12,31H,4-6,9-10H2,1-3H3,(H,29,32). The van der Waals surface area contributed by atoms with Crippen LogP contribution in [0.25, 0.3) is 0 Å². The molecule has 0 aliphatic rings. The molecule has 36 heavy (non-hydrogen) atoms. The highest BCUT2D eigenvalue weighted by Gasteiger charge is 2.35. The molecule has 0 unspecified atom stereocenters. The van der Waals surface area contributed by atoms with E-state index in [0.717, 1.165) is 13.2 Å². The van der Waals surface area contributed by atoms with Crippen LogP contribution in [0.15, 0.2) is 24.3 Å². The average Bonchev–Trinajstić information content (AvgIpc) is 2.80. The summed E-state index contributed by atoms with van der Waals surface area (Å²) >= 11 is 5.94. The zero-order valence-corrected chi connectivity index (χ0v) is 20.5. The number of aromatic hydroxyl groups is 1. The van der Waals surface area contributed by atoms with Crippen molar-refractivity contribution >= 4 is 34.9 Å². The molecule has 0 saturated carbocycles. The van der Waals surface area contributed by atoms with Crippen LogP contribution in [-0.4, -0.2) is 43.1 Å². The molecule has 0 saturated heterocycles. The number of hydrogen-bond donors (Lipinski definition) is 2. The van der Waals surface area contributed by atoms with E-state index in [-0.39, 0.29) is 47.5 Å². The summed E-state index contributed by atoms with van der Waals surface area (Å²) in [7, 11) is 0.912. The fourth-order valence-electron chi connectivity index (χ4n) is 3.22. The van der Waals surface area contributed by atoms with Crippen LogP contribution >= 0.6 is 11.6 Å². The quantitative estimate of drug-likeness (QED) is 0.188. The fourth-order valence-corrected chi connectivity index (χ4v) is 3.44. The van der Waals surface area contributed by atoms with Gasteiger partial charge in [-0.25, -0.2) is 4.79 Å². The molecule has 2 aromatic carbocycles. The second-order valence-electron chi connectivity index (χ2n) is 7.57. The highest BCUT2D eigenvalue weighted by atomic mass is 35.5. The molecule has 0 aliphatic carbocycles. The molecule has 2 aromatic rings. The predicted molar refractivity (Wildman–Crippen MR) is 125 cm³/mol. The van der Waals surface area contributed by atoms with E-state index in [2.05, 4.69) is 4.74 Å². The van der Waals surface area contributed by atoms with Crippen LogP contribution in [0.4, 0.5) is 18.9 Å². The van der Waals surface area contributed by atoms with Gasteiger partial charge in [-0.3, -0.25) is 9.59 Å². The second-order valence-corrected chi connectivity index (χ2v) is 7.97. The molecule has 0 bridgehead atoms. The Hall–Kier alpha value is -3.47. The van der Waals surface area contributed by atoms with Crippen LogP contribution in [-0.2, 0) is 26.9 Å². The number of phenolic OH excluding ortho intramolecular Hbond substituents is 1. The van der Waals surface area contributed by atoms with Gasteiger partial charge in [0.2, 0.25) is 0 Å². The van der Waals surface area contributed by atoms with Crippen molar-refractivity contribution < 1.29 is 46.9 Å². The van der Waals surface area contributed by atoms with Crippen molar-refractivity contribution in [1.29, 1.82) is 0 Å². The van der Waals surface area contributed by atoms with Gasteiger partial charge in [-0.1, -0.05) is 24.9 Å². The Labute approximate surface area is 210 Å². The molecule has 0 heterocycles. The largest absolute Gasteiger partial charge is 0.507 e. The van der Waals surface area contributed by atoms with Crippen LogP contribution in [0.5, 0.6) is 17.2 Å². The summed E-state index contributed by atoms with van der Waals surface area (Å²) in [5.74, 6) is -2.93. The highest BCUT2D eigenvalue weighted by molar-refractivity contribution is 6.37. The van der Waals surface area contributed by atoms with E-state index in [9.17, 15) is 32.7 Å².